The summed E-state index contributed by atoms with van der Waals surface area (Å²) in [5.41, 5.74) is 2.58. The van der Waals surface area contributed by atoms with Gasteiger partial charge in [-0.1, -0.05) is 0 Å². The molecule has 0 bridgehead atoms. The molecule has 1 unspecified atom stereocenters. The molecule has 8 heteroatoms. The third kappa shape index (κ3) is 3.80. The van der Waals surface area contributed by atoms with E-state index in [0.717, 1.165) is 11.3 Å². The molecule has 0 radical (unpaired) electrons. The summed E-state index contributed by atoms with van der Waals surface area (Å²) in [6.45, 7) is 1.48. The summed E-state index contributed by atoms with van der Waals surface area (Å²) < 4.78 is 6.70. The Balaban J connectivity index is 1.59. The fraction of sp³-hybridized carbons (Fsp3) is 0.182. The molecule has 0 fully saturated rings. The molecule has 30 heavy (non-hydrogen) atoms. The summed E-state index contributed by atoms with van der Waals surface area (Å²) in [6, 6.07) is 14.9. The van der Waals surface area contributed by atoms with E-state index in [2.05, 4.69) is 15.7 Å². The number of carbonyl (C=O) groups is 3. The lowest BCUT2D eigenvalue weighted by molar-refractivity contribution is -0.125. The van der Waals surface area contributed by atoms with Crippen LogP contribution in [0.25, 0.3) is 11.3 Å². The van der Waals surface area contributed by atoms with Crippen molar-refractivity contribution in [1.82, 2.24) is 9.78 Å². The Labute approximate surface area is 172 Å². The summed E-state index contributed by atoms with van der Waals surface area (Å²) >= 11 is 0. The van der Waals surface area contributed by atoms with Crippen LogP contribution in [-0.2, 0) is 9.59 Å². The van der Waals surface area contributed by atoms with Crippen LogP contribution >= 0.6 is 0 Å². The number of hydrogen-bond acceptors (Lipinski definition) is 5. The Bertz CT molecular complexity index is 1120. The number of anilines is 2. The topological polar surface area (TPSA) is 102 Å². The third-order valence-electron chi connectivity index (χ3n) is 4.92. The van der Waals surface area contributed by atoms with Crippen LogP contribution in [0.15, 0.2) is 54.6 Å². The fourth-order valence-electron chi connectivity index (χ4n) is 3.30. The molecule has 8 nitrogen and oxygen atoms in total. The molecule has 1 aromatic heterocycles. The Morgan fingerprint density at radius 2 is 1.83 bits per heavy atom. The minimum atomic E-state index is -0.784. The molecule has 2 aromatic carbocycles. The maximum Gasteiger partial charge on any atom is 0.249 e. The average Bonchev–Trinajstić information content (AvgIpc) is 3.17. The van der Waals surface area contributed by atoms with Gasteiger partial charge in [0, 0.05) is 22.9 Å². The molecule has 0 saturated heterocycles. The van der Waals surface area contributed by atoms with Crippen molar-refractivity contribution in [3.8, 4) is 17.0 Å². The van der Waals surface area contributed by atoms with Crippen molar-refractivity contribution in [2.45, 2.75) is 19.4 Å². The van der Waals surface area contributed by atoms with E-state index in [-0.39, 0.29) is 24.0 Å². The highest BCUT2D eigenvalue weighted by molar-refractivity contribution is 6.02. The lowest BCUT2D eigenvalue weighted by Crippen LogP contribution is -2.35. The number of nitrogens with one attached hydrogen (secondary N) is 2. The molecule has 3 aromatic rings. The van der Waals surface area contributed by atoms with Crippen LogP contribution in [0.2, 0.25) is 0 Å². The van der Waals surface area contributed by atoms with Gasteiger partial charge in [-0.25, -0.2) is 4.68 Å². The van der Waals surface area contributed by atoms with Gasteiger partial charge in [-0.3, -0.25) is 14.4 Å². The van der Waals surface area contributed by atoms with Crippen molar-refractivity contribution in [1.29, 1.82) is 0 Å². The van der Waals surface area contributed by atoms with Crippen molar-refractivity contribution in [3.63, 3.8) is 0 Å². The standard InChI is InChI=1S/C22H20N4O4/c1-13(27)14-3-7-16(8-4-14)23-22(29)19-12-21(28)24-20-11-18(25-26(19)20)15-5-9-17(30-2)10-6-15/h3-11,19H,12H2,1-2H3,(H,23,29)(H,24,28). The molecular weight excluding hydrogens is 384 g/mol. The smallest absolute Gasteiger partial charge is 0.249 e. The number of hydrogen-bond donors (Lipinski definition) is 2. The average molecular weight is 404 g/mol. The number of aromatic nitrogens is 2. The van der Waals surface area contributed by atoms with Crippen LogP contribution < -0.4 is 15.4 Å². The van der Waals surface area contributed by atoms with E-state index in [1.807, 2.05) is 24.3 Å². The molecule has 1 aliphatic rings. The normalized spacial score (nSPS) is 15.1. The number of amides is 2. The van der Waals surface area contributed by atoms with E-state index in [9.17, 15) is 14.4 Å². The zero-order valence-corrected chi connectivity index (χ0v) is 16.5. The van der Waals surface area contributed by atoms with Crippen LogP contribution in [0.4, 0.5) is 11.5 Å². The van der Waals surface area contributed by atoms with E-state index in [4.69, 9.17) is 4.74 Å². The number of nitrogens with zero attached hydrogens (tertiary/aromatic N) is 2. The second-order valence-corrected chi connectivity index (χ2v) is 6.98. The quantitative estimate of drug-likeness (QED) is 0.636. The van der Waals surface area contributed by atoms with E-state index in [1.165, 1.54) is 11.6 Å². The summed E-state index contributed by atoms with van der Waals surface area (Å²) in [4.78, 5) is 36.4. The van der Waals surface area contributed by atoms with Crippen LogP contribution in [0, 0.1) is 0 Å². The molecule has 0 spiro atoms. The molecule has 152 valence electrons. The first-order valence-corrected chi connectivity index (χ1v) is 9.40. The van der Waals surface area contributed by atoms with Crippen molar-refractivity contribution >= 4 is 29.1 Å². The van der Waals surface area contributed by atoms with Crippen LogP contribution in [0.3, 0.4) is 0 Å². The molecule has 2 amide bonds. The SMILES string of the molecule is COc1ccc(-c2cc3n(n2)C(C(=O)Nc2ccc(C(C)=O)cc2)CC(=O)N3)cc1. The Morgan fingerprint density at radius 1 is 1.13 bits per heavy atom. The number of fused-ring (bicyclic) bond motifs is 1. The van der Waals surface area contributed by atoms with Crippen molar-refractivity contribution in [2.75, 3.05) is 17.7 Å². The highest BCUT2D eigenvalue weighted by atomic mass is 16.5. The van der Waals surface area contributed by atoms with Gasteiger partial charge in [-0.2, -0.15) is 5.10 Å². The highest BCUT2D eigenvalue weighted by Gasteiger charge is 2.32. The van der Waals surface area contributed by atoms with Gasteiger partial charge in [0.2, 0.25) is 11.8 Å². The number of carbonyl (C=O) groups excluding carboxylic acids is 3. The summed E-state index contributed by atoms with van der Waals surface area (Å²) in [6.07, 6.45) is -0.0197. The van der Waals surface area contributed by atoms with Gasteiger partial charge in [0.05, 0.1) is 19.2 Å². The molecule has 2 heterocycles. The second-order valence-electron chi connectivity index (χ2n) is 6.98. The summed E-state index contributed by atoms with van der Waals surface area (Å²) in [5.74, 6) is 0.527. The van der Waals surface area contributed by atoms with Crippen LogP contribution in [-0.4, -0.2) is 34.5 Å². The maximum atomic E-state index is 12.9. The van der Waals surface area contributed by atoms with E-state index in [1.54, 1.807) is 37.4 Å². The zero-order valence-electron chi connectivity index (χ0n) is 16.5. The van der Waals surface area contributed by atoms with E-state index < -0.39 is 6.04 Å². The summed E-state index contributed by atoms with van der Waals surface area (Å²) in [7, 11) is 1.59. The Hall–Kier alpha value is -3.94. The minimum Gasteiger partial charge on any atom is -0.497 e. The van der Waals surface area contributed by atoms with Crippen molar-refractivity contribution < 1.29 is 19.1 Å². The molecule has 1 aliphatic heterocycles. The van der Waals surface area contributed by atoms with Gasteiger partial charge in [0.1, 0.15) is 17.6 Å². The van der Waals surface area contributed by atoms with Gasteiger partial charge in [-0.15, -0.1) is 0 Å². The van der Waals surface area contributed by atoms with Gasteiger partial charge in [0.15, 0.2) is 5.78 Å². The molecule has 4 rings (SSSR count). The Morgan fingerprint density at radius 3 is 2.47 bits per heavy atom. The largest absolute Gasteiger partial charge is 0.497 e. The minimum absolute atomic E-state index is 0.0197. The van der Waals surface area contributed by atoms with Crippen LogP contribution in [0.1, 0.15) is 29.7 Å². The first kappa shape index (κ1) is 19.4. The first-order valence-electron chi connectivity index (χ1n) is 9.40. The molecule has 0 aliphatic carbocycles. The zero-order chi connectivity index (χ0) is 21.3. The molecular formula is C22H20N4O4. The fourth-order valence-corrected chi connectivity index (χ4v) is 3.30. The van der Waals surface area contributed by atoms with E-state index >= 15 is 0 Å². The monoisotopic (exact) mass is 404 g/mol. The van der Waals surface area contributed by atoms with E-state index in [0.29, 0.717) is 22.8 Å². The lowest BCUT2D eigenvalue weighted by atomic mass is 10.1. The lowest BCUT2D eigenvalue weighted by Gasteiger charge is -2.23. The van der Waals surface area contributed by atoms with Crippen molar-refractivity contribution in [3.05, 3.63) is 60.2 Å². The highest BCUT2D eigenvalue weighted by Crippen LogP contribution is 2.31. The predicted octanol–water partition coefficient (Wildman–Crippen LogP) is 3.28. The number of rotatable bonds is 5. The third-order valence-corrected chi connectivity index (χ3v) is 4.92. The van der Waals surface area contributed by atoms with Crippen LogP contribution in [0.5, 0.6) is 5.75 Å². The second kappa shape index (κ2) is 7.82. The van der Waals surface area contributed by atoms with Gasteiger partial charge >= 0.3 is 0 Å². The molecule has 2 N–H and O–H groups in total. The number of Topliss-reactive ketones (excluding diaryl/α,β-unsaturated/α-hetero) is 1. The molecule has 1 atom stereocenters. The summed E-state index contributed by atoms with van der Waals surface area (Å²) in [5, 5.41) is 10.1. The van der Waals surface area contributed by atoms with Gasteiger partial charge in [-0.05, 0) is 55.5 Å². The number of ether oxygens (including phenoxy) is 1. The van der Waals surface area contributed by atoms with Gasteiger partial charge in [0.25, 0.3) is 0 Å². The predicted molar refractivity (Wildman–Crippen MR) is 112 cm³/mol. The number of benzene rings is 2. The first-order chi connectivity index (χ1) is 14.4. The molecule has 0 saturated carbocycles. The van der Waals surface area contributed by atoms with Crippen molar-refractivity contribution in [2.24, 2.45) is 0 Å². The number of ketones is 1. The number of methoxy groups -OCH3 is 1. The van der Waals surface area contributed by atoms with Gasteiger partial charge < -0.3 is 15.4 Å². The maximum absolute atomic E-state index is 12.9. The Kier molecular flexibility index (Phi) is 5.05.